The van der Waals surface area contributed by atoms with Crippen LogP contribution in [-0.2, 0) is 4.74 Å². The van der Waals surface area contributed by atoms with Crippen LogP contribution in [0.4, 0.5) is 10.2 Å². The molecule has 4 aliphatic heterocycles. The highest BCUT2D eigenvalue weighted by molar-refractivity contribution is 6.35. The predicted octanol–water partition coefficient (Wildman–Crippen LogP) is 5.12. The molecule has 48 heavy (non-hydrogen) atoms. The van der Waals surface area contributed by atoms with E-state index in [0.29, 0.717) is 42.1 Å². The van der Waals surface area contributed by atoms with Gasteiger partial charge in [0.15, 0.2) is 5.82 Å². The summed E-state index contributed by atoms with van der Waals surface area (Å²) in [4.78, 5) is 16.0. The van der Waals surface area contributed by atoms with Crippen molar-refractivity contribution in [2.24, 2.45) is 0 Å². The standard InChI is InChI=1S/C36H42ClFN6O4/c1-42(2)35(46)47-19-24-10-12-36(11-5-13-44(24)36)20-48-34-40-32-28(33(41-34)43-17-22-8-9-23(18-43)39-22)16-29(37)30(31(32)38)27-15-25(45)14-21-6-3-4-7-26(21)27/h3-4,6-7,14-16,22-24,35,39,45-46H,5,8-13,17-20H2,1-2H3. The van der Waals surface area contributed by atoms with Gasteiger partial charge in [0, 0.05) is 42.2 Å². The van der Waals surface area contributed by atoms with E-state index in [2.05, 4.69) is 15.1 Å². The molecule has 3 aromatic carbocycles. The molecule has 2 bridgehead atoms. The second kappa shape index (κ2) is 12.5. The number of halogens is 2. The second-order valence-electron chi connectivity index (χ2n) is 14.2. The van der Waals surface area contributed by atoms with Gasteiger partial charge < -0.3 is 29.9 Å². The molecule has 5 heterocycles. The highest BCUT2D eigenvalue weighted by Crippen LogP contribution is 2.45. The van der Waals surface area contributed by atoms with Crippen LogP contribution in [0.3, 0.4) is 0 Å². The van der Waals surface area contributed by atoms with Crippen molar-refractivity contribution in [2.45, 2.75) is 68.6 Å². The number of hydrogen-bond donors (Lipinski definition) is 3. The number of rotatable bonds is 9. The number of aromatic hydroxyl groups is 1. The lowest BCUT2D eigenvalue weighted by Crippen LogP contribution is -2.51. The van der Waals surface area contributed by atoms with Gasteiger partial charge in [-0.2, -0.15) is 9.97 Å². The van der Waals surface area contributed by atoms with Gasteiger partial charge in [0.05, 0.1) is 17.2 Å². The van der Waals surface area contributed by atoms with Gasteiger partial charge in [-0.15, -0.1) is 0 Å². The molecule has 4 fully saturated rings. The fourth-order valence-corrected chi connectivity index (χ4v) is 8.81. The number of benzene rings is 3. The first-order valence-electron chi connectivity index (χ1n) is 17.0. The minimum absolute atomic E-state index is 0.0276. The number of nitrogens with one attached hydrogen (secondary N) is 1. The first kappa shape index (κ1) is 31.9. The van der Waals surface area contributed by atoms with Gasteiger partial charge in [0.25, 0.3) is 0 Å². The number of aliphatic hydroxyl groups excluding tert-OH is 1. The number of nitrogens with zero attached hydrogens (tertiary/aromatic N) is 5. The summed E-state index contributed by atoms with van der Waals surface area (Å²) in [6, 6.07) is 13.5. The maximum absolute atomic E-state index is 17.0. The molecule has 4 aliphatic rings. The van der Waals surface area contributed by atoms with Crippen molar-refractivity contribution in [1.29, 1.82) is 0 Å². The Kier molecular flexibility index (Phi) is 8.33. The number of fused-ring (bicyclic) bond motifs is 5. The van der Waals surface area contributed by atoms with Crippen LogP contribution < -0.4 is 15.0 Å². The van der Waals surface area contributed by atoms with Crippen LogP contribution in [0, 0.1) is 5.82 Å². The quantitative estimate of drug-likeness (QED) is 0.207. The highest BCUT2D eigenvalue weighted by Gasteiger charge is 2.50. The van der Waals surface area contributed by atoms with Gasteiger partial charge in [-0.1, -0.05) is 35.9 Å². The highest BCUT2D eigenvalue weighted by atomic mass is 35.5. The Labute approximate surface area is 284 Å². The molecule has 0 aliphatic carbocycles. The number of phenolic OH excluding ortho intramolecular Hbond substituents is 1. The number of phenols is 1. The lowest BCUT2D eigenvalue weighted by Gasteiger charge is -2.35. The largest absolute Gasteiger partial charge is 0.508 e. The van der Waals surface area contributed by atoms with E-state index in [1.54, 1.807) is 37.2 Å². The summed E-state index contributed by atoms with van der Waals surface area (Å²) in [5, 5.41) is 26.8. The van der Waals surface area contributed by atoms with Crippen LogP contribution in [0.1, 0.15) is 38.5 Å². The molecule has 0 spiro atoms. The zero-order valence-corrected chi connectivity index (χ0v) is 28.1. The lowest BCUT2D eigenvalue weighted by atomic mass is 9.95. The molecular weight excluding hydrogens is 635 g/mol. The topological polar surface area (TPSA) is 106 Å². The third kappa shape index (κ3) is 5.64. The zero-order chi connectivity index (χ0) is 33.2. The first-order chi connectivity index (χ1) is 23.2. The number of aliphatic hydroxyl groups is 1. The number of anilines is 1. The second-order valence-corrected chi connectivity index (χ2v) is 14.6. The van der Waals surface area contributed by atoms with Gasteiger partial charge in [0.2, 0.25) is 6.41 Å². The zero-order valence-electron chi connectivity index (χ0n) is 27.3. The summed E-state index contributed by atoms with van der Waals surface area (Å²) in [5.41, 5.74) is 0.626. The third-order valence-corrected chi connectivity index (χ3v) is 11.2. The van der Waals surface area contributed by atoms with Crippen molar-refractivity contribution in [2.75, 3.05) is 51.8 Å². The van der Waals surface area contributed by atoms with E-state index in [1.165, 1.54) is 0 Å². The molecule has 4 aromatic rings. The Balaban J connectivity index is 1.17. The Hall–Kier alpha value is -3.32. The van der Waals surface area contributed by atoms with Crippen LogP contribution in [0.2, 0.25) is 5.02 Å². The minimum Gasteiger partial charge on any atom is -0.508 e. The lowest BCUT2D eigenvalue weighted by molar-refractivity contribution is -0.185. The Morgan fingerprint density at radius 3 is 2.67 bits per heavy atom. The van der Waals surface area contributed by atoms with Crippen molar-refractivity contribution < 1.29 is 24.1 Å². The molecule has 1 aromatic heterocycles. The van der Waals surface area contributed by atoms with E-state index >= 15 is 4.39 Å². The molecule has 10 nitrogen and oxygen atoms in total. The molecule has 254 valence electrons. The molecule has 12 heteroatoms. The molecule has 4 saturated heterocycles. The number of hydrogen-bond acceptors (Lipinski definition) is 10. The molecule has 5 unspecified atom stereocenters. The van der Waals surface area contributed by atoms with Crippen LogP contribution in [0.5, 0.6) is 11.8 Å². The van der Waals surface area contributed by atoms with Gasteiger partial charge >= 0.3 is 6.01 Å². The summed E-state index contributed by atoms with van der Waals surface area (Å²) < 4.78 is 29.2. The predicted molar refractivity (Wildman–Crippen MR) is 184 cm³/mol. The summed E-state index contributed by atoms with van der Waals surface area (Å²) in [6.07, 6.45) is 5.11. The van der Waals surface area contributed by atoms with Crippen LogP contribution in [0.25, 0.3) is 32.8 Å². The van der Waals surface area contributed by atoms with Crippen molar-refractivity contribution in [3.8, 4) is 22.9 Å². The van der Waals surface area contributed by atoms with Crippen molar-refractivity contribution in [3.05, 3.63) is 53.3 Å². The SMILES string of the molecule is CN(C)C(O)OCC1CCC2(COc3nc(N4CC5CCC(C4)N5)c4cc(Cl)c(-c5cc(O)cc6ccccc56)c(F)c4n3)CCCN12. The van der Waals surface area contributed by atoms with Crippen molar-refractivity contribution in [1.82, 2.24) is 25.1 Å². The molecule has 0 radical (unpaired) electrons. The summed E-state index contributed by atoms with van der Waals surface area (Å²) in [5.74, 6) is 0.0792. The third-order valence-electron chi connectivity index (χ3n) is 10.9. The number of aromatic nitrogens is 2. The molecule has 0 saturated carbocycles. The fourth-order valence-electron chi connectivity index (χ4n) is 8.52. The number of piperazine rings is 1. The number of ether oxygens (including phenoxy) is 2. The first-order valence-corrected chi connectivity index (χ1v) is 17.4. The summed E-state index contributed by atoms with van der Waals surface area (Å²) in [7, 11) is 3.56. The van der Waals surface area contributed by atoms with E-state index in [0.717, 1.165) is 68.9 Å². The Bertz CT molecular complexity index is 1850. The summed E-state index contributed by atoms with van der Waals surface area (Å²) >= 11 is 6.93. The van der Waals surface area contributed by atoms with Crippen LogP contribution in [-0.4, -0.2) is 107 Å². The molecule has 5 atom stereocenters. The van der Waals surface area contributed by atoms with Gasteiger partial charge in [-0.25, -0.2) is 4.39 Å². The van der Waals surface area contributed by atoms with E-state index in [1.807, 2.05) is 24.3 Å². The molecular formula is C36H42ClFN6O4. The van der Waals surface area contributed by atoms with Crippen LogP contribution >= 0.6 is 11.6 Å². The normalized spacial score (nSPS) is 26.2. The average Bonchev–Trinajstić information content (AvgIpc) is 3.75. The van der Waals surface area contributed by atoms with Crippen molar-refractivity contribution >= 4 is 39.1 Å². The molecule has 0 amide bonds. The van der Waals surface area contributed by atoms with Gasteiger partial charge in [-0.3, -0.25) is 9.80 Å². The fraction of sp³-hybridized carbons (Fsp3) is 0.500. The minimum atomic E-state index is -0.949. The molecule has 8 rings (SSSR count). The van der Waals surface area contributed by atoms with Gasteiger partial charge in [0.1, 0.15) is 23.7 Å². The van der Waals surface area contributed by atoms with E-state index < -0.39 is 12.2 Å². The summed E-state index contributed by atoms with van der Waals surface area (Å²) in [6.45, 7) is 3.23. The van der Waals surface area contributed by atoms with E-state index in [-0.39, 0.29) is 39.4 Å². The van der Waals surface area contributed by atoms with E-state index in [9.17, 15) is 10.2 Å². The van der Waals surface area contributed by atoms with Gasteiger partial charge in [-0.05, 0) is 93.7 Å². The molecule has 3 N–H and O–H groups in total. The van der Waals surface area contributed by atoms with Crippen LogP contribution in [0.15, 0.2) is 42.5 Å². The van der Waals surface area contributed by atoms with E-state index in [4.69, 9.17) is 31.0 Å². The Morgan fingerprint density at radius 2 is 1.88 bits per heavy atom. The Morgan fingerprint density at radius 1 is 1.08 bits per heavy atom. The smallest absolute Gasteiger partial charge is 0.319 e. The maximum Gasteiger partial charge on any atom is 0.319 e. The van der Waals surface area contributed by atoms with Crippen molar-refractivity contribution in [3.63, 3.8) is 0 Å². The monoisotopic (exact) mass is 676 g/mol. The average molecular weight is 677 g/mol. The maximum atomic E-state index is 17.0.